The molecule has 0 aliphatic rings. The largest absolute Gasteiger partial charge is 0.381 e. The quantitative estimate of drug-likeness (QED) is 0.411. The lowest BCUT2D eigenvalue weighted by atomic mass is 10.2. The van der Waals surface area contributed by atoms with Crippen molar-refractivity contribution >= 4 is 17.1 Å². The highest BCUT2D eigenvalue weighted by atomic mass is 15.4. The molecule has 0 radical (unpaired) electrons. The van der Waals surface area contributed by atoms with Crippen molar-refractivity contribution in [2.75, 3.05) is 24.4 Å². The van der Waals surface area contributed by atoms with Crippen molar-refractivity contribution < 1.29 is 5.32 Å². The molecular weight excluding hydrogens is 320 g/mol. The first kappa shape index (κ1) is 19.5. The average Bonchev–Trinajstić information content (AvgIpc) is 2.67. The van der Waals surface area contributed by atoms with E-state index in [1.807, 2.05) is 55.8 Å². The number of anilines is 2. The summed E-state index contributed by atoms with van der Waals surface area (Å²) in [6, 6.07) is 18.7. The SMILES string of the molecule is C[NH2+]/C=C\C=C/C/C(C)=N/N(C)c1ccc(NCc2ccccc2)cc1. The van der Waals surface area contributed by atoms with Gasteiger partial charge in [-0.25, -0.2) is 0 Å². The molecule has 0 atom stereocenters. The van der Waals surface area contributed by atoms with Gasteiger partial charge in [-0.3, -0.25) is 5.01 Å². The molecule has 0 unspecified atom stereocenters. The lowest BCUT2D eigenvalue weighted by Crippen LogP contribution is -2.72. The fourth-order valence-corrected chi connectivity index (χ4v) is 2.44. The standard InChI is InChI=1S/C22H28N4/c1-19(10-6-5-9-17-23-2)25-26(3)22-15-13-21(14-16-22)24-18-20-11-7-4-8-12-20/h4-9,11-17,23-24H,10,18H2,1-3H3/p+1/b6-5-,17-9-,25-19+. The predicted molar refractivity (Wildman–Crippen MR) is 112 cm³/mol. The van der Waals surface area contributed by atoms with E-state index in [-0.39, 0.29) is 0 Å². The molecule has 2 aromatic rings. The molecule has 0 fully saturated rings. The van der Waals surface area contributed by atoms with Crippen molar-refractivity contribution in [3.63, 3.8) is 0 Å². The third-order valence-corrected chi connectivity index (χ3v) is 3.87. The molecule has 0 aliphatic heterocycles. The molecule has 4 heteroatoms. The van der Waals surface area contributed by atoms with Gasteiger partial charge in [-0.05, 0) is 42.8 Å². The third kappa shape index (κ3) is 6.95. The lowest BCUT2D eigenvalue weighted by Gasteiger charge is -2.15. The van der Waals surface area contributed by atoms with Gasteiger partial charge in [-0.15, -0.1) is 0 Å². The number of benzene rings is 2. The van der Waals surface area contributed by atoms with Gasteiger partial charge in [0.15, 0.2) is 0 Å². The number of quaternary nitrogens is 1. The second kappa shape index (κ2) is 10.9. The number of allylic oxidation sites excluding steroid dienone is 3. The fraction of sp³-hybridized carbons (Fsp3) is 0.227. The Kier molecular flexibility index (Phi) is 8.16. The molecule has 0 amide bonds. The molecule has 3 N–H and O–H groups in total. The van der Waals surface area contributed by atoms with Crippen molar-refractivity contribution in [1.29, 1.82) is 0 Å². The topological polar surface area (TPSA) is 44.2 Å². The Labute approximate surface area is 156 Å². The van der Waals surface area contributed by atoms with Crippen LogP contribution in [-0.2, 0) is 6.54 Å². The highest BCUT2D eigenvalue weighted by Gasteiger charge is 2.00. The van der Waals surface area contributed by atoms with Gasteiger partial charge in [0.2, 0.25) is 0 Å². The highest BCUT2D eigenvalue weighted by Crippen LogP contribution is 2.18. The molecule has 0 aromatic heterocycles. The monoisotopic (exact) mass is 349 g/mol. The number of nitrogens with zero attached hydrogens (tertiary/aromatic N) is 2. The number of hydrazone groups is 1. The van der Waals surface area contributed by atoms with E-state index >= 15 is 0 Å². The normalized spacial score (nSPS) is 12.0. The van der Waals surface area contributed by atoms with Crippen molar-refractivity contribution in [1.82, 2.24) is 0 Å². The highest BCUT2D eigenvalue weighted by molar-refractivity contribution is 5.84. The maximum Gasteiger partial charge on any atom is 0.0923 e. The van der Waals surface area contributed by atoms with Crippen LogP contribution in [0.25, 0.3) is 0 Å². The van der Waals surface area contributed by atoms with E-state index in [1.54, 1.807) is 0 Å². The van der Waals surface area contributed by atoms with E-state index in [2.05, 4.69) is 65.0 Å². The number of nitrogens with one attached hydrogen (secondary N) is 1. The number of rotatable bonds is 9. The molecule has 2 aromatic carbocycles. The number of hydrogen-bond donors (Lipinski definition) is 2. The Hall–Kier alpha value is -2.85. The van der Waals surface area contributed by atoms with E-state index in [0.29, 0.717) is 0 Å². The summed E-state index contributed by atoms with van der Waals surface area (Å²) in [4.78, 5) is 0. The first-order chi connectivity index (χ1) is 12.7. The van der Waals surface area contributed by atoms with Crippen LogP contribution in [0.15, 0.2) is 84.1 Å². The van der Waals surface area contributed by atoms with Crippen LogP contribution < -0.4 is 15.6 Å². The van der Waals surface area contributed by atoms with Crippen molar-refractivity contribution in [3.8, 4) is 0 Å². The first-order valence-electron chi connectivity index (χ1n) is 8.96. The molecule has 0 bridgehead atoms. The molecule has 4 nitrogen and oxygen atoms in total. The van der Waals surface area contributed by atoms with Gasteiger partial charge in [0.05, 0.1) is 18.9 Å². The van der Waals surface area contributed by atoms with E-state index in [0.717, 1.165) is 30.1 Å². The minimum atomic E-state index is 0.823. The van der Waals surface area contributed by atoms with Gasteiger partial charge in [-0.2, -0.15) is 5.10 Å². The predicted octanol–water partition coefficient (Wildman–Crippen LogP) is 3.76. The molecule has 0 spiro atoms. The first-order valence-corrected chi connectivity index (χ1v) is 8.96. The summed E-state index contributed by atoms with van der Waals surface area (Å²) in [6.45, 7) is 2.87. The average molecular weight is 350 g/mol. The van der Waals surface area contributed by atoms with Gasteiger partial charge in [-0.1, -0.05) is 42.5 Å². The van der Waals surface area contributed by atoms with Gasteiger partial charge in [0, 0.05) is 31.4 Å². The molecule has 0 saturated carbocycles. The maximum absolute atomic E-state index is 4.63. The Bertz CT molecular complexity index is 730. The molecule has 136 valence electrons. The lowest BCUT2D eigenvalue weighted by molar-refractivity contribution is -0.556. The van der Waals surface area contributed by atoms with Gasteiger partial charge < -0.3 is 10.6 Å². The fourth-order valence-electron chi connectivity index (χ4n) is 2.44. The third-order valence-electron chi connectivity index (χ3n) is 3.87. The van der Waals surface area contributed by atoms with Crippen LogP contribution in [0.5, 0.6) is 0 Å². The second-order valence-corrected chi connectivity index (χ2v) is 6.10. The van der Waals surface area contributed by atoms with E-state index in [1.165, 1.54) is 5.56 Å². The summed E-state index contributed by atoms with van der Waals surface area (Å²) in [5.74, 6) is 0. The summed E-state index contributed by atoms with van der Waals surface area (Å²) in [5, 5.41) is 12.0. The minimum absolute atomic E-state index is 0.823. The Balaban J connectivity index is 1.87. The maximum atomic E-state index is 4.63. The summed E-state index contributed by atoms with van der Waals surface area (Å²) in [6.07, 6.45) is 9.05. The molecule has 26 heavy (non-hydrogen) atoms. The van der Waals surface area contributed by atoms with Gasteiger partial charge in [0.1, 0.15) is 0 Å². The Morgan fingerprint density at radius 2 is 1.81 bits per heavy atom. The van der Waals surface area contributed by atoms with Crippen molar-refractivity contribution in [3.05, 3.63) is 84.6 Å². The molecule has 0 heterocycles. The van der Waals surface area contributed by atoms with Crippen LogP contribution in [0.3, 0.4) is 0 Å². The zero-order valence-corrected chi connectivity index (χ0v) is 15.9. The number of hydrogen-bond acceptors (Lipinski definition) is 3. The molecule has 2 rings (SSSR count). The zero-order chi connectivity index (χ0) is 18.6. The zero-order valence-electron chi connectivity index (χ0n) is 15.9. The molecule has 0 aliphatic carbocycles. The summed E-state index contributed by atoms with van der Waals surface area (Å²) < 4.78 is 0. The Morgan fingerprint density at radius 3 is 2.50 bits per heavy atom. The van der Waals surface area contributed by atoms with Gasteiger partial charge in [0.25, 0.3) is 0 Å². The van der Waals surface area contributed by atoms with Crippen molar-refractivity contribution in [2.24, 2.45) is 5.10 Å². The Morgan fingerprint density at radius 1 is 1.08 bits per heavy atom. The van der Waals surface area contributed by atoms with Crippen LogP contribution in [-0.4, -0.2) is 19.8 Å². The van der Waals surface area contributed by atoms with Crippen LogP contribution in [0.2, 0.25) is 0 Å². The molecule has 0 saturated heterocycles. The summed E-state index contributed by atoms with van der Waals surface area (Å²) >= 11 is 0. The molecular formula is C22H29N4+. The van der Waals surface area contributed by atoms with Crippen molar-refractivity contribution in [2.45, 2.75) is 19.9 Å². The van der Waals surface area contributed by atoms with E-state index in [4.69, 9.17) is 0 Å². The van der Waals surface area contributed by atoms with Crippen LogP contribution in [0.4, 0.5) is 11.4 Å². The second-order valence-electron chi connectivity index (χ2n) is 6.10. The van der Waals surface area contributed by atoms with Crippen LogP contribution in [0.1, 0.15) is 18.9 Å². The van der Waals surface area contributed by atoms with Crippen LogP contribution in [0, 0.1) is 0 Å². The van der Waals surface area contributed by atoms with Gasteiger partial charge >= 0.3 is 0 Å². The van der Waals surface area contributed by atoms with Crippen LogP contribution >= 0.6 is 0 Å². The summed E-state index contributed by atoms with van der Waals surface area (Å²) in [5.41, 5.74) is 4.52. The van der Waals surface area contributed by atoms with E-state index in [9.17, 15) is 0 Å². The minimum Gasteiger partial charge on any atom is -0.381 e. The smallest absolute Gasteiger partial charge is 0.0923 e. The number of nitrogens with two attached hydrogens (primary N) is 1. The summed E-state index contributed by atoms with van der Waals surface area (Å²) in [7, 11) is 3.99. The van der Waals surface area contributed by atoms with E-state index < -0.39 is 0 Å².